The number of aliphatic hydroxyl groups excluding tert-OH is 1. The molecule has 25 heteroatoms. The summed E-state index contributed by atoms with van der Waals surface area (Å²) < 4.78 is 0. The Labute approximate surface area is 569 Å². The van der Waals surface area contributed by atoms with E-state index in [9.17, 15) is 43.5 Å². The monoisotopic (exact) mass is 1340 g/mol. The molecule has 0 spiro atoms. The fourth-order valence-electron chi connectivity index (χ4n) is 11.7. The number of carbonyl (C=O) groups is 12. The van der Waals surface area contributed by atoms with Crippen LogP contribution in [0.1, 0.15) is 189 Å². The Bertz CT molecular complexity index is 2620. The highest BCUT2D eigenvalue weighted by Gasteiger charge is 2.46. The third-order valence-electron chi connectivity index (χ3n) is 17.8. The van der Waals surface area contributed by atoms with Crippen molar-refractivity contribution < 1.29 is 62.6 Å². The summed E-state index contributed by atoms with van der Waals surface area (Å²) in [6, 6.07) is -12.7. The summed E-state index contributed by atoms with van der Waals surface area (Å²) in [6.07, 6.45) is 3.63. The highest BCUT2D eigenvalue weighted by molar-refractivity contribution is 5.99. The van der Waals surface area contributed by atoms with Crippen molar-refractivity contribution in [3.63, 3.8) is 0 Å². The van der Waals surface area contributed by atoms with E-state index in [0.717, 1.165) is 9.80 Å². The summed E-state index contributed by atoms with van der Waals surface area (Å²) in [4.78, 5) is 185. The summed E-state index contributed by atoms with van der Waals surface area (Å²) in [5.74, 6) is -10.3. The third-order valence-corrected chi connectivity index (χ3v) is 17.8. The SMILES string of the molecule is C/C=C/C[C@@H](C)[C@@H](O)[C@H]1C(=O)N[C@@H](CC)C(=O)N(C)CC(=O)N(C)[C@@H](CC(C)C)C(=O)N[C@@H](C(C)C)C(=O)N(C)[C@@H](CC(C)C)C(=O)N[C@@H](C)C(=O)N[C@H](CCCCNC(=O)C(C)(C)C)C(=O)N(C)[C@@H](CC(C)C)C(=O)N(C)[C@@H](CC(C)C)C(=O)N(C)[C@@H](C(C)C)C(=O)N1C. The van der Waals surface area contributed by atoms with Gasteiger partial charge in [0.1, 0.15) is 60.4 Å². The van der Waals surface area contributed by atoms with Crippen LogP contribution in [-0.4, -0.2) is 239 Å². The maximum absolute atomic E-state index is 15.4. The zero-order valence-electron chi connectivity index (χ0n) is 62.8. The molecule has 0 aliphatic carbocycles. The number of hydrogen-bond donors (Lipinski definition) is 6. The second-order valence-electron chi connectivity index (χ2n) is 29.9. The van der Waals surface area contributed by atoms with E-state index in [4.69, 9.17) is 0 Å². The van der Waals surface area contributed by atoms with Crippen LogP contribution in [0.25, 0.3) is 0 Å². The lowest BCUT2D eigenvalue weighted by Gasteiger charge is -2.41. The van der Waals surface area contributed by atoms with Gasteiger partial charge in [0.15, 0.2) is 0 Å². The molecule has 0 bridgehead atoms. The number of carbonyl (C=O) groups excluding carboxylic acids is 12. The molecule has 1 heterocycles. The van der Waals surface area contributed by atoms with Crippen LogP contribution in [0.2, 0.25) is 0 Å². The van der Waals surface area contributed by atoms with Crippen molar-refractivity contribution in [2.24, 2.45) is 46.8 Å². The first kappa shape index (κ1) is 86.4. The lowest BCUT2D eigenvalue weighted by atomic mass is 9.91. The van der Waals surface area contributed by atoms with Crippen LogP contribution in [-0.2, 0) is 57.5 Å². The molecule has 1 rings (SSSR count). The normalized spacial score (nSPS) is 25.4. The Kier molecular flexibility index (Phi) is 35.9. The van der Waals surface area contributed by atoms with Gasteiger partial charge in [-0.15, -0.1) is 0 Å². The molecule has 0 aromatic carbocycles. The smallest absolute Gasteiger partial charge is 0.246 e. The average Bonchev–Trinajstić information content (AvgIpc) is 0.808. The molecule has 544 valence electrons. The number of hydrogen-bond acceptors (Lipinski definition) is 13. The molecule has 1 saturated heterocycles. The Balaban J connectivity index is 4.49. The van der Waals surface area contributed by atoms with Crippen LogP contribution in [0, 0.1) is 46.8 Å². The topological polar surface area (TPSA) is 308 Å². The molecule has 6 N–H and O–H groups in total. The van der Waals surface area contributed by atoms with Crippen molar-refractivity contribution in [2.75, 3.05) is 62.4 Å². The van der Waals surface area contributed by atoms with Gasteiger partial charge in [0.25, 0.3) is 0 Å². The van der Waals surface area contributed by atoms with E-state index in [2.05, 4.69) is 26.6 Å². The van der Waals surface area contributed by atoms with Gasteiger partial charge in [-0.25, -0.2) is 0 Å². The Morgan fingerprint density at radius 3 is 1.43 bits per heavy atom. The molecule has 95 heavy (non-hydrogen) atoms. The first-order valence-corrected chi connectivity index (χ1v) is 34.5. The van der Waals surface area contributed by atoms with E-state index in [1.165, 1.54) is 80.8 Å². The van der Waals surface area contributed by atoms with Crippen LogP contribution >= 0.6 is 0 Å². The molecule has 1 aliphatic rings. The fourth-order valence-corrected chi connectivity index (χ4v) is 11.7. The number of aliphatic hydroxyl groups is 1. The maximum Gasteiger partial charge on any atom is 0.246 e. The van der Waals surface area contributed by atoms with E-state index >= 15 is 19.2 Å². The summed E-state index contributed by atoms with van der Waals surface area (Å²) in [5, 5.41) is 26.3. The van der Waals surface area contributed by atoms with Crippen molar-refractivity contribution in [2.45, 2.75) is 256 Å². The fraction of sp³-hybridized carbons (Fsp3) is 0.800. The molecule has 12 amide bonds. The number of rotatable bonds is 20. The molecule has 0 aromatic heterocycles. The lowest BCUT2D eigenvalue weighted by Crippen LogP contribution is -2.63. The van der Waals surface area contributed by atoms with E-state index in [-0.39, 0.29) is 74.6 Å². The van der Waals surface area contributed by atoms with Crippen LogP contribution < -0.4 is 26.6 Å². The first-order chi connectivity index (χ1) is 43.8. The summed E-state index contributed by atoms with van der Waals surface area (Å²) in [5.41, 5.74) is -0.665. The summed E-state index contributed by atoms with van der Waals surface area (Å²) in [7, 11) is 9.92. The van der Waals surface area contributed by atoms with Crippen LogP contribution in [0.3, 0.4) is 0 Å². The Morgan fingerprint density at radius 1 is 0.526 bits per heavy atom. The molecule has 12 atom stereocenters. The van der Waals surface area contributed by atoms with E-state index in [1.54, 1.807) is 81.4 Å². The van der Waals surface area contributed by atoms with E-state index in [1.807, 2.05) is 55.4 Å². The number of nitrogens with one attached hydrogen (secondary N) is 5. The lowest BCUT2D eigenvalue weighted by molar-refractivity contribution is -0.157. The van der Waals surface area contributed by atoms with Crippen LogP contribution in [0.15, 0.2) is 12.2 Å². The van der Waals surface area contributed by atoms with E-state index in [0.29, 0.717) is 19.3 Å². The molecule has 25 nitrogen and oxygen atoms in total. The van der Waals surface area contributed by atoms with Crippen molar-refractivity contribution in [1.82, 2.24) is 60.9 Å². The minimum absolute atomic E-state index is 0.0105. The zero-order chi connectivity index (χ0) is 73.6. The average molecular weight is 1340 g/mol. The number of allylic oxidation sites excluding steroid dienone is 2. The zero-order valence-corrected chi connectivity index (χ0v) is 62.8. The highest BCUT2D eigenvalue weighted by Crippen LogP contribution is 2.26. The molecule has 1 aliphatic heterocycles. The third kappa shape index (κ3) is 25.7. The Morgan fingerprint density at radius 2 is 0.968 bits per heavy atom. The number of likely N-dealkylation sites (N-methyl/N-ethyl adjacent to an activating group) is 7. The summed E-state index contributed by atoms with van der Waals surface area (Å²) >= 11 is 0. The van der Waals surface area contributed by atoms with Crippen LogP contribution in [0.5, 0.6) is 0 Å². The van der Waals surface area contributed by atoms with Crippen LogP contribution in [0.4, 0.5) is 0 Å². The van der Waals surface area contributed by atoms with Gasteiger partial charge in [0.05, 0.1) is 12.6 Å². The highest BCUT2D eigenvalue weighted by atomic mass is 16.3. The van der Waals surface area contributed by atoms with Gasteiger partial charge in [0, 0.05) is 61.3 Å². The van der Waals surface area contributed by atoms with Gasteiger partial charge in [-0.05, 0) is 113 Å². The first-order valence-electron chi connectivity index (χ1n) is 34.5. The molecular formula is C70H126N12O13. The van der Waals surface area contributed by atoms with E-state index < -0.39 is 161 Å². The quantitative estimate of drug-likeness (QED) is 0.0720. The predicted molar refractivity (Wildman–Crippen MR) is 369 cm³/mol. The number of nitrogens with zero attached hydrogens (tertiary/aromatic N) is 7. The van der Waals surface area contributed by atoms with Crippen molar-refractivity contribution in [1.29, 1.82) is 0 Å². The van der Waals surface area contributed by atoms with Gasteiger partial charge in [-0.2, -0.15) is 0 Å². The molecule has 0 radical (unpaired) electrons. The van der Waals surface area contributed by atoms with Crippen molar-refractivity contribution >= 4 is 70.9 Å². The number of unbranched alkanes of at least 4 members (excludes halogenated alkanes) is 1. The Hall–Kier alpha value is -6.66. The van der Waals surface area contributed by atoms with Gasteiger partial charge < -0.3 is 66.0 Å². The maximum atomic E-state index is 15.4. The van der Waals surface area contributed by atoms with Crippen molar-refractivity contribution in [3.8, 4) is 0 Å². The van der Waals surface area contributed by atoms with Gasteiger partial charge in [-0.1, -0.05) is 130 Å². The summed E-state index contributed by atoms with van der Waals surface area (Å²) in [6.45, 7) is 33.5. The minimum atomic E-state index is -1.63. The second kappa shape index (κ2) is 39.5. The van der Waals surface area contributed by atoms with Crippen molar-refractivity contribution in [3.05, 3.63) is 12.2 Å². The second-order valence-corrected chi connectivity index (χ2v) is 29.9. The van der Waals surface area contributed by atoms with Gasteiger partial charge in [-0.3, -0.25) is 57.5 Å². The minimum Gasteiger partial charge on any atom is -0.390 e. The molecule has 0 saturated carbocycles. The van der Waals surface area contributed by atoms with Gasteiger partial charge >= 0.3 is 0 Å². The largest absolute Gasteiger partial charge is 0.390 e. The number of amides is 12. The molecular weight excluding hydrogens is 1220 g/mol. The van der Waals surface area contributed by atoms with Gasteiger partial charge in [0.2, 0.25) is 70.9 Å². The standard InChI is InChI=1S/C70H126N12O13/c1-27-29-32-46(15)58(84)57-62(88)73-48(28-2)63(89)76(20)39-54(83)77(21)50(35-40(3)4)61(87)75-55(44(11)12)67(93)78(22)51(36-41(5)6)60(86)72-47(16)59(85)74-49(33-30-31-34-71-69(95)70(17,18)19)64(90)79(23)52(37-42(7)8)65(91)80(24)53(38-43(9)10)66(92)81(25)56(45(13)14)68(94)82(57)26/h27,29,40-53,55-58,84H,28,30-39H2,1-26H3,(H,71,95)(H,72,86)(H,73,88)(H,74,85)(H,75,87)/b29-27+/t46-,47+,48+,49-,50+,51+,52+,53+,55+,56+,57+,58-/m1/s1. The predicted octanol–water partition coefficient (Wildman–Crippen LogP) is 4.58. The molecule has 1 fully saturated rings. The molecule has 0 unspecified atom stereocenters. The molecule has 0 aromatic rings.